The van der Waals surface area contributed by atoms with Gasteiger partial charge in [0.25, 0.3) is 5.91 Å². The molecule has 4 nitrogen and oxygen atoms in total. The van der Waals surface area contributed by atoms with E-state index in [2.05, 4.69) is 15.2 Å². The predicted molar refractivity (Wildman–Crippen MR) is 68.7 cm³/mol. The first kappa shape index (κ1) is 12.2. The number of nitrogens with zero attached hydrogens (tertiary/aromatic N) is 2. The normalized spacial score (nSPS) is 15.8. The summed E-state index contributed by atoms with van der Waals surface area (Å²) in [6.45, 7) is 2.03. The summed E-state index contributed by atoms with van der Waals surface area (Å²) >= 11 is 6.13. The van der Waals surface area contributed by atoms with E-state index in [-0.39, 0.29) is 5.91 Å². The lowest BCUT2D eigenvalue weighted by Crippen LogP contribution is -2.30. The maximum Gasteiger partial charge on any atom is 0.269 e. The van der Waals surface area contributed by atoms with Crippen LogP contribution in [0.2, 0.25) is 5.15 Å². The van der Waals surface area contributed by atoms with Gasteiger partial charge in [-0.2, -0.15) is 0 Å². The van der Waals surface area contributed by atoms with Crippen LogP contribution in [0, 0.1) is 0 Å². The van der Waals surface area contributed by atoms with Crippen LogP contribution in [0.25, 0.3) is 0 Å². The predicted octanol–water partition coefficient (Wildman–Crippen LogP) is 2.08. The standard InChI is InChI=1S/C12H16ClN3O/c1-14-12(17)9-5-6-10(11(13)15-9)16-7-3-2-4-8-16/h5-6H,2-4,7-8H2,1H3,(H,14,17). The van der Waals surface area contributed by atoms with Gasteiger partial charge in [-0.1, -0.05) is 11.6 Å². The van der Waals surface area contributed by atoms with E-state index in [1.165, 1.54) is 19.3 Å². The van der Waals surface area contributed by atoms with Crippen molar-refractivity contribution in [2.75, 3.05) is 25.0 Å². The average molecular weight is 254 g/mol. The van der Waals surface area contributed by atoms with E-state index >= 15 is 0 Å². The Morgan fingerprint density at radius 2 is 2.06 bits per heavy atom. The lowest BCUT2D eigenvalue weighted by Gasteiger charge is -2.29. The number of aromatic nitrogens is 1. The van der Waals surface area contributed by atoms with Gasteiger partial charge in [-0.3, -0.25) is 4.79 Å². The third-order valence-electron chi connectivity index (χ3n) is 2.99. The number of hydrogen-bond donors (Lipinski definition) is 1. The van der Waals surface area contributed by atoms with Gasteiger partial charge in [0.2, 0.25) is 0 Å². The van der Waals surface area contributed by atoms with Crippen molar-refractivity contribution in [2.24, 2.45) is 0 Å². The molecule has 0 spiro atoms. The molecule has 2 heterocycles. The summed E-state index contributed by atoms with van der Waals surface area (Å²) in [4.78, 5) is 17.8. The third kappa shape index (κ3) is 2.69. The molecule has 1 fully saturated rings. The molecule has 1 N–H and O–H groups in total. The number of hydrogen-bond acceptors (Lipinski definition) is 3. The Balaban J connectivity index is 2.21. The number of rotatable bonds is 2. The van der Waals surface area contributed by atoms with Crippen molar-refractivity contribution >= 4 is 23.2 Å². The molecule has 2 rings (SSSR count). The Morgan fingerprint density at radius 3 is 2.65 bits per heavy atom. The van der Waals surface area contributed by atoms with E-state index < -0.39 is 0 Å². The highest BCUT2D eigenvalue weighted by molar-refractivity contribution is 6.32. The Kier molecular flexibility index (Phi) is 3.84. The molecule has 1 aromatic heterocycles. The van der Waals surface area contributed by atoms with Crippen molar-refractivity contribution in [3.63, 3.8) is 0 Å². The highest BCUT2D eigenvalue weighted by Gasteiger charge is 2.16. The fraction of sp³-hybridized carbons (Fsp3) is 0.500. The first-order chi connectivity index (χ1) is 8.22. The summed E-state index contributed by atoms with van der Waals surface area (Å²) in [5, 5.41) is 2.94. The zero-order chi connectivity index (χ0) is 12.3. The molecule has 0 unspecified atom stereocenters. The van der Waals surface area contributed by atoms with Crippen LogP contribution in [-0.4, -0.2) is 31.0 Å². The maximum absolute atomic E-state index is 11.4. The highest BCUT2D eigenvalue weighted by Crippen LogP contribution is 2.26. The second-order valence-corrected chi connectivity index (χ2v) is 4.49. The first-order valence-electron chi connectivity index (χ1n) is 5.86. The van der Waals surface area contributed by atoms with Crippen molar-refractivity contribution in [1.29, 1.82) is 0 Å². The van der Waals surface area contributed by atoms with Crippen molar-refractivity contribution in [3.05, 3.63) is 23.0 Å². The van der Waals surface area contributed by atoms with Crippen LogP contribution in [0.4, 0.5) is 5.69 Å². The van der Waals surface area contributed by atoms with E-state index in [9.17, 15) is 4.79 Å². The minimum atomic E-state index is -0.211. The molecule has 0 saturated carbocycles. The lowest BCUT2D eigenvalue weighted by molar-refractivity contribution is 0.0958. The smallest absolute Gasteiger partial charge is 0.269 e. The molecule has 1 aliphatic rings. The number of carbonyl (C=O) groups is 1. The number of carbonyl (C=O) groups excluding carboxylic acids is 1. The van der Waals surface area contributed by atoms with E-state index in [1.54, 1.807) is 13.1 Å². The van der Waals surface area contributed by atoms with Gasteiger partial charge in [0.15, 0.2) is 5.15 Å². The monoisotopic (exact) mass is 253 g/mol. The van der Waals surface area contributed by atoms with Crippen LogP contribution in [0.5, 0.6) is 0 Å². The molecule has 0 bridgehead atoms. The molecule has 17 heavy (non-hydrogen) atoms. The van der Waals surface area contributed by atoms with Gasteiger partial charge in [0.1, 0.15) is 5.69 Å². The lowest BCUT2D eigenvalue weighted by atomic mass is 10.1. The van der Waals surface area contributed by atoms with Crippen LogP contribution < -0.4 is 10.2 Å². The summed E-state index contributed by atoms with van der Waals surface area (Å²) in [7, 11) is 1.58. The minimum Gasteiger partial charge on any atom is -0.369 e. The van der Waals surface area contributed by atoms with Crippen LogP contribution in [0.1, 0.15) is 29.8 Å². The maximum atomic E-state index is 11.4. The zero-order valence-electron chi connectivity index (χ0n) is 9.87. The number of nitrogens with one attached hydrogen (secondary N) is 1. The van der Waals surface area contributed by atoms with Gasteiger partial charge in [-0.25, -0.2) is 4.98 Å². The van der Waals surface area contributed by atoms with Crippen LogP contribution >= 0.6 is 11.6 Å². The van der Waals surface area contributed by atoms with E-state index in [1.807, 2.05) is 6.07 Å². The summed E-state index contributed by atoms with van der Waals surface area (Å²) < 4.78 is 0. The van der Waals surface area contributed by atoms with Gasteiger partial charge in [0, 0.05) is 20.1 Å². The molecule has 1 amide bonds. The Bertz CT molecular complexity index is 416. The SMILES string of the molecule is CNC(=O)c1ccc(N2CCCCC2)c(Cl)n1. The zero-order valence-corrected chi connectivity index (χ0v) is 10.6. The van der Waals surface area contributed by atoms with Crippen molar-refractivity contribution < 1.29 is 4.79 Å². The van der Waals surface area contributed by atoms with Crippen molar-refractivity contribution in [1.82, 2.24) is 10.3 Å². The molecule has 0 aliphatic carbocycles. The molecule has 0 aromatic carbocycles. The Hall–Kier alpha value is -1.29. The van der Waals surface area contributed by atoms with E-state index in [4.69, 9.17) is 11.6 Å². The fourth-order valence-electron chi connectivity index (χ4n) is 2.05. The number of anilines is 1. The summed E-state index contributed by atoms with van der Waals surface area (Å²) in [6, 6.07) is 3.60. The van der Waals surface area contributed by atoms with E-state index in [0.717, 1.165) is 18.8 Å². The molecule has 0 atom stereocenters. The Labute approximate surface area is 106 Å². The average Bonchev–Trinajstić information content (AvgIpc) is 2.38. The topological polar surface area (TPSA) is 45.2 Å². The molecule has 5 heteroatoms. The summed E-state index contributed by atoms with van der Waals surface area (Å²) in [5.74, 6) is -0.211. The van der Waals surface area contributed by atoms with Crippen LogP contribution in [-0.2, 0) is 0 Å². The van der Waals surface area contributed by atoms with Crippen molar-refractivity contribution in [2.45, 2.75) is 19.3 Å². The summed E-state index contributed by atoms with van der Waals surface area (Å²) in [5.41, 5.74) is 1.29. The molecule has 0 radical (unpaired) electrons. The van der Waals surface area contributed by atoms with Crippen molar-refractivity contribution in [3.8, 4) is 0 Å². The fourth-order valence-corrected chi connectivity index (χ4v) is 2.33. The molecule has 1 aromatic rings. The van der Waals surface area contributed by atoms with Gasteiger partial charge < -0.3 is 10.2 Å². The molecule has 92 valence electrons. The number of pyridine rings is 1. The molecular formula is C12H16ClN3O. The molecule has 1 saturated heterocycles. The largest absolute Gasteiger partial charge is 0.369 e. The molecule has 1 aliphatic heterocycles. The van der Waals surface area contributed by atoms with Crippen LogP contribution in [0.3, 0.4) is 0 Å². The van der Waals surface area contributed by atoms with Crippen LogP contribution in [0.15, 0.2) is 12.1 Å². The number of piperidine rings is 1. The quantitative estimate of drug-likeness (QED) is 0.821. The second-order valence-electron chi connectivity index (χ2n) is 4.13. The Morgan fingerprint density at radius 1 is 1.35 bits per heavy atom. The minimum absolute atomic E-state index is 0.211. The van der Waals surface area contributed by atoms with Gasteiger partial charge >= 0.3 is 0 Å². The number of halogens is 1. The molecular weight excluding hydrogens is 238 g/mol. The van der Waals surface area contributed by atoms with Gasteiger partial charge in [-0.15, -0.1) is 0 Å². The van der Waals surface area contributed by atoms with Gasteiger partial charge in [0.05, 0.1) is 5.69 Å². The highest BCUT2D eigenvalue weighted by atomic mass is 35.5. The van der Waals surface area contributed by atoms with Gasteiger partial charge in [-0.05, 0) is 31.4 Å². The third-order valence-corrected chi connectivity index (χ3v) is 3.26. The van der Waals surface area contributed by atoms with E-state index in [0.29, 0.717) is 10.8 Å². The second kappa shape index (κ2) is 5.36. The summed E-state index contributed by atoms with van der Waals surface area (Å²) in [6.07, 6.45) is 3.65. The number of amides is 1. The first-order valence-corrected chi connectivity index (χ1v) is 6.24.